The van der Waals surface area contributed by atoms with Crippen molar-refractivity contribution in [1.82, 2.24) is 0 Å². The number of allylic oxidation sites excluding steroid dienone is 18. The fourth-order valence-electron chi connectivity index (χ4n) is 9.95. The number of rotatable bonds is 64. The van der Waals surface area contributed by atoms with Gasteiger partial charge in [-0.1, -0.05) is 310 Å². The molecule has 476 valence electrons. The predicted octanol–water partition coefficient (Wildman–Crippen LogP) is 24.6. The minimum atomic E-state index is -0.788. The Balaban J connectivity index is 4.24. The Bertz CT molecular complexity index is 1660. The summed E-state index contributed by atoms with van der Waals surface area (Å²) in [7, 11) is 0. The Morgan fingerprint density at radius 2 is 0.494 bits per heavy atom. The van der Waals surface area contributed by atoms with E-state index in [9.17, 15) is 14.4 Å². The van der Waals surface area contributed by atoms with Gasteiger partial charge in [0.2, 0.25) is 0 Å². The van der Waals surface area contributed by atoms with Crippen molar-refractivity contribution in [2.75, 3.05) is 13.2 Å². The molecule has 6 heteroatoms. The standard InChI is InChI=1S/C77H132O6/c1-4-7-10-13-16-19-22-25-27-29-31-33-34-35-36-37-38-39-40-41-42-44-45-47-49-52-55-58-61-64-67-70-76(79)82-73-74(72-81-75(78)69-66-63-60-57-54-51-24-21-18-15-12-9-6-3)83-77(80)71-68-65-62-59-56-53-50-48-46-43-32-30-28-26-23-20-17-14-11-8-5-2/h7,10,12,15-16,19,21,23-27,30-33,35-36,74H,4-6,8-9,11,13-14,17-18,20,22,28-29,34,37-73H2,1-3H3/b10-7-,15-12-,19-16-,24-21-,26-23-,27-25-,32-30-,33-31-,36-35-. The second-order valence-electron chi connectivity index (χ2n) is 23.4. The highest BCUT2D eigenvalue weighted by atomic mass is 16.6. The summed E-state index contributed by atoms with van der Waals surface area (Å²) in [5, 5.41) is 0. The van der Waals surface area contributed by atoms with Crippen LogP contribution in [0.15, 0.2) is 109 Å². The highest BCUT2D eigenvalue weighted by Crippen LogP contribution is 2.17. The third-order valence-corrected chi connectivity index (χ3v) is 15.2. The summed E-state index contributed by atoms with van der Waals surface area (Å²) in [6.45, 7) is 6.47. The molecule has 1 unspecified atom stereocenters. The maximum atomic E-state index is 12.9. The summed E-state index contributed by atoms with van der Waals surface area (Å²) >= 11 is 0. The maximum Gasteiger partial charge on any atom is 0.306 e. The number of unbranched alkanes of at least 4 members (excludes halogenated alkanes) is 35. The van der Waals surface area contributed by atoms with Crippen molar-refractivity contribution in [3.63, 3.8) is 0 Å². The van der Waals surface area contributed by atoms with E-state index in [4.69, 9.17) is 14.2 Å². The molecule has 0 heterocycles. The van der Waals surface area contributed by atoms with E-state index in [1.54, 1.807) is 0 Å². The average Bonchev–Trinajstić information content (AvgIpc) is 3.49. The van der Waals surface area contributed by atoms with E-state index in [0.29, 0.717) is 19.3 Å². The van der Waals surface area contributed by atoms with Crippen LogP contribution in [-0.2, 0) is 28.6 Å². The summed E-state index contributed by atoms with van der Waals surface area (Å²) in [4.78, 5) is 38.4. The number of ether oxygens (including phenoxy) is 3. The van der Waals surface area contributed by atoms with Crippen LogP contribution in [0.25, 0.3) is 0 Å². The molecule has 0 rings (SSSR count). The van der Waals surface area contributed by atoms with Crippen LogP contribution in [0.4, 0.5) is 0 Å². The van der Waals surface area contributed by atoms with Gasteiger partial charge in [-0.2, -0.15) is 0 Å². The summed E-state index contributed by atoms with van der Waals surface area (Å²) in [6, 6.07) is 0. The average molecular weight is 1150 g/mol. The van der Waals surface area contributed by atoms with Crippen LogP contribution >= 0.6 is 0 Å². The van der Waals surface area contributed by atoms with Gasteiger partial charge in [0.05, 0.1) is 0 Å². The molecule has 0 fully saturated rings. The van der Waals surface area contributed by atoms with E-state index in [-0.39, 0.29) is 31.1 Å². The molecule has 0 aromatic rings. The van der Waals surface area contributed by atoms with Gasteiger partial charge >= 0.3 is 17.9 Å². The van der Waals surface area contributed by atoms with Crippen molar-refractivity contribution in [2.45, 2.75) is 348 Å². The SMILES string of the molecule is CC/C=C\C/C=C\C/C=C\C/C=C\C/C=C\CCCCCCCCCCCCCCCCCC(=O)OCC(COC(=O)CCCCCCC/C=C\C/C=C\CCC)OC(=O)CCCCCCCCCCC/C=C\C/C=C\CCCCCCC. The van der Waals surface area contributed by atoms with E-state index in [2.05, 4.69) is 130 Å². The molecule has 83 heavy (non-hydrogen) atoms. The molecule has 0 aliphatic carbocycles. The molecule has 0 aliphatic rings. The van der Waals surface area contributed by atoms with Crippen molar-refractivity contribution >= 4 is 17.9 Å². The normalized spacial score (nSPS) is 12.8. The Morgan fingerprint density at radius 3 is 0.783 bits per heavy atom. The van der Waals surface area contributed by atoms with Gasteiger partial charge < -0.3 is 14.2 Å². The van der Waals surface area contributed by atoms with Crippen LogP contribution in [0.5, 0.6) is 0 Å². The molecule has 0 N–H and O–H groups in total. The quantitative estimate of drug-likeness (QED) is 0.0261. The number of hydrogen-bond acceptors (Lipinski definition) is 6. The molecule has 0 bridgehead atoms. The monoisotopic (exact) mass is 1150 g/mol. The maximum absolute atomic E-state index is 12.9. The van der Waals surface area contributed by atoms with Gasteiger partial charge in [-0.15, -0.1) is 0 Å². The molecule has 6 nitrogen and oxygen atoms in total. The fourth-order valence-corrected chi connectivity index (χ4v) is 9.95. The number of esters is 3. The zero-order chi connectivity index (χ0) is 59.9. The van der Waals surface area contributed by atoms with Gasteiger partial charge in [0.1, 0.15) is 13.2 Å². The zero-order valence-electron chi connectivity index (χ0n) is 54.7. The molecular weight excluding hydrogens is 1020 g/mol. The van der Waals surface area contributed by atoms with Crippen molar-refractivity contribution in [1.29, 1.82) is 0 Å². The Hall–Kier alpha value is -3.93. The first-order chi connectivity index (χ1) is 41.0. The van der Waals surface area contributed by atoms with Gasteiger partial charge in [0.15, 0.2) is 6.10 Å². The van der Waals surface area contributed by atoms with E-state index in [1.165, 1.54) is 173 Å². The molecule has 0 aromatic heterocycles. The summed E-state index contributed by atoms with van der Waals surface area (Å²) in [5.74, 6) is -0.888. The van der Waals surface area contributed by atoms with E-state index in [1.807, 2.05) is 0 Å². The Morgan fingerprint density at radius 1 is 0.253 bits per heavy atom. The smallest absolute Gasteiger partial charge is 0.306 e. The third-order valence-electron chi connectivity index (χ3n) is 15.2. The van der Waals surface area contributed by atoms with Gasteiger partial charge in [-0.3, -0.25) is 14.4 Å². The molecule has 0 amide bonds. The third kappa shape index (κ3) is 68.7. The topological polar surface area (TPSA) is 78.9 Å². The van der Waals surface area contributed by atoms with Crippen molar-refractivity contribution in [2.24, 2.45) is 0 Å². The summed E-state index contributed by atoms with van der Waals surface area (Å²) in [5.41, 5.74) is 0. The fraction of sp³-hybridized carbons (Fsp3) is 0.727. The van der Waals surface area contributed by atoms with Gasteiger partial charge in [-0.25, -0.2) is 0 Å². The van der Waals surface area contributed by atoms with Crippen molar-refractivity contribution < 1.29 is 28.6 Å². The highest BCUT2D eigenvalue weighted by molar-refractivity contribution is 5.71. The number of carbonyl (C=O) groups excluding carboxylic acids is 3. The molecule has 0 saturated carbocycles. The molecule has 0 radical (unpaired) electrons. The van der Waals surface area contributed by atoms with Crippen molar-refractivity contribution in [3.8, 4) is 0 Å². The molecule has 0 aliphatic heterocycles. The Kier molecular flexibility index (Phi) is 67.2. The predicted molar refractivity (Wildman–Crippen MR) is 362 cm³/mol. The first-order valence-electron chi connectivity index (χ1n) is 35.4. The first kappa shape index (κ1) is 79.1. The zero-order valence-corrected chi connectivity index (χ0v) is 54.7. The lowest BCUT2D eigenvalue weighted by molar-refractivity contribution is -0.167. The number of hydrogen-bond donors (Lipinski definition) is 0. The van der Waals surface area contributed by atoms with Crippen LogP contribution in [0.3, 0.4) is 0 Å². The second kappa shape index (κ2) is 70.6. The van der Waals surface area contributed by atoms with Crippen LogP contribution < -0.4 is 0 Å². The molecule has 0 saturated heterocycles. The highest BCUT2D eigenvalue weighted by Gasteiger charge is 2.19. The minimum absolute atomic E-state index is 0.0826. The van der Waals surface area contributed by atoms with Crippen LogP contribution in [0.2, 0.25) is 0 Å². The second-order valence-corrected chi connectivity index (χ2v) is 23.4. The first-order valence-corrected chi connectivity index (χ1v) is 35.4. The number of carbonyl (C=O) groups is 3. The van der Waals surface area contributed by atoms with Gasteiger partial charge in [0, 0.05) is 19.3 Å². The largest absolute Gasteiger partial charge is 0.462 e. The van der Waals surface area contributed by atoms with E-state index < -0.39 is 6.10 Å². The lowest BCUT2D eigenvalue weighted by Crippen LogP contribution is -2.30. The van der Waals surface area contributed by atoms with E-state index >= 15 is 0 Å². The van der Waals surface area contributed by atoms with Gasteiger partial charge in [-0.05, 0) is 122 Å². The molecular formula is C77H132O6. The van der Waals surface area contributed by atoms with Gasteiger partial charge in [0.25, 0.3) is 0 Å². The summed E-state index contributed by atoms with van der Waals surface area (Å²) in [6.07, 6.45) is 96.9. The van der Waals surface area contributed by atoms with Crippen LogP contribution in [0, 0.1) is 0 Å². The summed E-state index contributed by atoms with van der Waals surface area (Å²) < 4.78 is 17.0. The van der Waals surface area contributed by atoms with Crippen LogP contribution in [0.1, 0.15) is 342 Å². The molecule has 0 aromatic carbocycles. The molecule has 0 spiro atoms. The lowest BCUT2D eigenvalue weighted by atomic mass is 10.0. The van der Waals surface area contributed by atoms with Crippen LogP contribution in [-0.4, -0.2) is 37.2 Å². The Labute approximate surface area is 514 Å². The minimum Gasteiger partial charge on any atom is -0.462 e. The van der Waals surface area contributed by atoms with E-state index in [0.717, 1.165) is 128 Å². The lowest BCUT2D eigenvalue weighted by Gasteiger charge is -2.18. The van der Waals surface area contributed by atoms with Crippen molar-refractivity contribution in [3.05, 3.63) is 109 Å². The molecule has 1 atom stereocenters.